The molecule has 0 aliphatic carbocycles. The third-order valence-electron chi connectivity index (χ3n) is 4.51. The fourth-order valence-electron chi connectivity index (χ4n) is 3.14. The summed E-state index contributed by atoms with van der Waals surface area (Å²) in [5, 5.41) is 5.36. The predicted molar refractivity (Wildman–Crippen MR) is 105 cm³/mol. The second-order valence-electron chi connectivity index (χ2n) is 6.89. The van der Waals surface area contributed by atoms with Crippen molar-refractivity contribution in [2.45, 2.75) is 32.2 Å². The largest absolute Gasteiger partial charge is 0.457 e. The first kappa shape index (κ1) is 19.4. The molecule has 0 bridgehead atoms. The van der Waals surface area contributed by atoms with Gasteiger partial charge in [-0.25, -0.2) is 4.79 Å². The van der Waals surface area contributed by atoms with Crippen LogP contribution in [-0.4, -0.2) is 34.8 Å². The summed E-state index contributed by atoms with van der Waals surface area (Å²) in [5.41, 5.74) is -0.392. The minimum absolute atomic E-state index is 0.327. The zero-order chi connectivity index (χ0) is 20.1. The van der Waals surface area contributed by atoms with Crippen LogP contribution in [0.2, 0.25) is 0 Å². The van der Waals surface area contributed by atoms with Crippen LogP contribution in [0, 0.1) is 0 Å². The molecule has 0 saturated carbocycles. The van der Waals surface area contributed by atoms with E-state index in [1.807, 2.05) is 37.3 Å². The molecule has 4 amide bonds. The Labute approximate surface area is 163 Å². The smallest absolute Gasteiger partial charge is 0.325 e. The fourth-order valence-corrected chi connectivity index (χ4v) is 3.14. The van der Waals surface area contributed by atoms with Gasteiger partial charge in [-0.1, -0.05) is 31.5 Å². The number of amides is 4. The van der Waals surface area contributed by atoms with Crippen molar-refractivity contribution in [3.63, 3.8) is 0 Å². The highest BCUT2D eigenvalue weighted by Gasteiger charge is 2.47. The van der Waals surface area contributed by atoms with Crippen LogP contribution in [0.15, 0.2) is 54.6 Å². The van der Waals surface area contributed by atoms with Crippen LogP contribution in [0.4, 0.5) is 10.5 Å². The van der Waals surface area contributed by atoms with Gasteiger partial charge in [0.05, 0.1) is 0 Å². The predicted octanol–water partition coefficient (Wildman–Crippen LogP) is 3.53. The summed E-state index contributed by atoms with van der Waals surface area (Å²) in [7, 11) is 0. The first-order valence-corrected chi connectivity index (χ1v) is 9.18. The maximum absolute atomic E-state index is 12.5. The standard InChI is InChI=1S/C21H23N3O4/c1-3-13-21(2)19(26)24(20(27)23-21)14-18(25)22-15-9-11-17(12-10-15)28-16-7-5-4-6-8-16/h4-12H,3,13-14H2,1-2H3,(H,22,25)(H,23,27). The molecular formula is C21H23N3O4. The maximum atomic E-state index is 12.5. The van der Waals surface area contributed by atoms with E-state index < -0.39 is 17.5 Å². The molecule has 1 aliphatic rings. The lowest BCUT2D eigenvalue weighted by molar-refractivity contribution is -0.133. The van der Waals surface area contributed by atoms with Crippen molar-refractivity contribution >= 4 is 23.5 Å². The Kier molecular flexibility index (Phi) is 5.63. The molecule has 1 heterocycles. The summed E-state index contributed by atoms with van der Waals surface area (Å²) in [6.07, 6.45) is 1.28. The Morgan fingerprint density at radius 1 is 1.07 bits per heavy atom. The van der Waals surface area contributed by atoms with Crippen molar-refractivity contribution in [2.24, 2.45) is 0 Å². The number of carbonyl (C=O) groups is 3. The summed E-state index contributed by atoms with van der Waals surface area (Å²) >= 11 is 0. The lowest BCUT2D eigenvalue weighted by Crippen LogP contribution is -2.44. The van der Waals surface area contributed by atoms with E-state index in [9.17, 15) is 14.4 Å². The number of para-hydroxylation sites is 1. The number of hydrogen-bond acceptors (Lipinski definition) is 4. The van der Waals surface area contributed by atoms with Gasteiger partial charge in [-0.3, -0.25) is 14.5 Å². The summed E-state index contributed by atoms with van der Waals surface area (Å²) in [6.45, 7) is 3.29. The molecule has 0 aromatic heterocycles. The molecule has 1 aliphatic heterocycles. The van der Waals surface area contributed by atoms with E-state index in [2.05, 4.69) is 10.6 Å². The molecule has 1 unspecified atom stereocenters. The number of anilines is 1. The van der Waals surface area contributed by atoms with Gasteiger partial charge in [-0.15, -0.1) is 0 Å². The van der Waals surface area contributed by atoms with Crippen LogP contribution in [0.1, 0.15) is 26.7 Å². The maximum Gasteiger partial charge on any atom is 0.325 e. The fraction of sp³-hybridized carbons (Fsp3) is 0.286. The van der Waals surface area contributed by atoms with Gasteiger partial charge in [0.25, 0.3) is 5.91 Å². The Bertz CT molecular complexity index is 867. The number of nitrogens with one attached hydrogen (secondary N) is 2. The quantitative estimate of drug-likeness (QED) is 0.718. The van der Waals surface area contributed by atoms with Crippen LogP contribution in [0.25, 0.3) is 0 Å². The highest BCUT2D eigenvalue weighted by Crippen LogP contribution is 2.24. The second-order valence-corrected chi connectivity index (χ2v) is 6.89. The van der Waals surface area contributed by atoms with Crippen molar-refractivity contribution in [1.82, 2.24) is 10.2 Å². The Morgan fingerprint density at radius 3 is 2.36 bits per heavy atom. The van der Waals surface area contributed by atoms with E-state index in [4.69, 9.17) is 4.74 Å². The molecule has 1 fully saturated rings. The Balaban J connectivity index is 1.58. The molecule has 2 aromatic rings. The molecule has 7 heteroatoms. The molecule has 1 saturated heterocycles. The zero-order valence-corrected chi connectivity index (χ0v) is 15.9. The van der Waals surface area contributed by atoms with Crippen molar-refractivity contribution in [2.75, 3.05) is 11.9 Å². The number of carbonyl (C=O) groups excluding carboxylic acids is 3. The van der Waals surface area contributed by atoms with Crippen LogP contribution in [-0.2, 0) is 9.59 Å². The molecular weight excluding hydrogens is 358 g/mol. The lowest BCUT2D eigenvalue weighted by atomic mass is 9.96. The highest BCUT2D eigenvalue weighted by molar-refractivity contribution is 6.09. The molecule has 146 valence electrons. The highest BCUT2D eigenvalue weighted by atomic mass is 16.5. The van der Waals surface area contributed by atoms with Crippen LogP contribution < -0.4 is 15.4 Å². The van der Waals surface area contributed by atoms with Gasteiger partial charge in [-0.2, -0.15) is 0 Å². The van der Waals surface area contributed by atoms with E-state index in [1.165, 1.54) is 0 Å². The number of benzene rings is 2. The lowest BCUT2D eigenvalue weighted by Gasteiger charge is -2.20. The van der Waals surface area contributed by atoms with Crippen LogP contribution in [0.3, 0.4) is 0 Å². The van der Waals surface area contributed by atoms with Gasteiger partial charge in [0.15, 0.2) is 0 Å². The first-order valence-electron chi connectivity index (χ1n) is 9.18. The van der Waals surface area contributed by atoms with E-state index in [0.29, 0.717) is 23.6 Å². The minimum atomic E-state index is -0.942. The Hall–Kier alpha value is -3.35. The SMILES string of the molecule is CCCC1(C)NC(=O)N(CC(=O)Nc2ccc(Oc3ccccc3)cc2)C1=O. The summed E-state index contributed by atoms with van der Waals surface area (Å²) in [5.74, 6) is 0.531. The molecule has 0 spiro atoms. The third-order valence-corrected chi connectivity index (χ3v) is 4.51. The van der Waals surface area contributed by atoms with Gasteiger partial charge in [-0.05, 0) is 49.7 Å². The van der Waals surface area contributed by atoms with Crippen molar-refractivity contribution in [1.29, 1.82) is 0 Å². The molecule has 1 atom stereocenters. The van der Waals surface area contributed by atoms with Crippen molar-refractivity contribution in [3.8, 4) is 11.5 Å². The number of urea groups is 1. The third kappa shape index (κ3) is 4.31. The second kappa shape index (κ2) is 8.12. The van der Waals surface area contributed by atoms with E-state index in [-0.39, 0.29) is 12.5 Å². The van der Waals surface area contributed by atoms with Gasteiger partial charge in [0.2, 0.25) is 5.91 Å². The molecule has 2 aromatic carbocycles. The van der Waals surface area contributed by atoms with E-state index in [1.54, 1.807) is 31.2 Å². The number of imide groups is 1. The summed E-state index contributed by atoms with van der Waals surface area (Å²) in [6, 6.07) is 15.7. The van der Waals surface area contributed by atoms with Gasteiger partial charge >= 0.3 is 6.03 Å². The number of nitrogens with zero attached hydrogens (tertiary/aromatic N) is 1. The van der Waals surface area contributed by atoms with Crippen LogP contribution >= 0.6 is 0 Å². The molecule has 7 nitrogen and oxygen atoms in total. The van der Waals surface area contributed by atoms with Crippen molar-refractivity contribution < 1.29 is 19.1 Å². The van der Waals surface area contributed by atoms with Gasteiger partial charge in [0.1, 0.15) is 23.6 Å². The summed E-state index contributed by atoms with van der Waals surface area (Å²) < 4.78 is 5.70. The van der Waals surface area contributed by atoms with Crippen molar-refractivity contribution in [3.05, 3.63) is 54.6 Å². The molecule has 2 N–H and O–H groups in total. The van der Waals surface area contributed by atoms with Gasteiger partial charge < -0.3 is 15.4 Å². The number of hydrogen-bond donors (Lipinski definition) is 2. The molecule has 28 heavy (non-hydrogen) atoms. The molecule has 3 rings (SSSR count). The number of ether oxygens (including phenoxy) is 1. The first-order chi connectivity index (χ1) is 13.4. The van der Waals surface area contributed by atoms with E-state index >= 15 is 0 Å². The van der Waals surface area contributed by atoms with Gasteiger partial charge in [0, 0.05) is 5.69 Å². The minimum Gasteiger partial charge on any atom is -0.457 e. The Morgan fingerprint density at radius 2 is 1.71 bits per heavy atom. The average Bonchev–Trinajstić information content (AvgIpc) is 2.87. The number of rotatable bonds is 7. The normalized spacial score (nSPS) is 18.7. The summed E-state index contributed by atoms with van der Waals surface area (Å²) in [4.78, 5) is 37.8. The molecule has 0 radical (unpaired) electrons. The zero-order valence-electron chi connectivity index (χ0n) is 15.9. The van der Waals surface area contributed by atoms with E-state index in [0.717, 1.165) is 11.3 Å². The monoisotopic (exact) mass is 381 g/mol. The topological polar surface area (TPSA) is 87.7 Å². The van der Waals surface area contributed by atoms with Crippen LogP contribution in [0.5, 0.6) is 11.5 Å². The average molecular weight is 381 g/mol.